The monoisotopic (exact) mass is 353 g/mol. The second-order valence-corrected chi connectivity index (χ2v) is 7.15. The van der Waals surface area contributed by atoms with Gasteiger partial charge in [-0.05, 0) is 43.0 Å². The van der Waals surface area contributed by atoms with Gasteiger partial charge in [-0.1, -0.05) is 38.5 Å². The molecule has 0 aliphatic carbocycles. The third-order valence-corrected chi connectivity index (χ3v) is 3.91. The smallest absolute Gasteiger partial charge is 0.162 e. The van der Waals surface area contributed by atoms with E-state index < -0.39 is 0 Å². The van der Waals surface area contributed by atoms with Crippen molar-refractivity contribution < 1.29 is 14.2 Å². The van der Waals surface area contributed by atoms with Crippen molar-refractivity contribution in [1.29, 1.82) is 5.26 Å². The Labute approximate surface area is 156 Å². The zero-order chi connectivity index (χ0) is 19.2. The Morgan fingerprint density at radius 3 is 2.15 bits per heavy atom. The second kappa shape index (κ2) is 8.62. The van der Waals surface area contributed by atoms with Crippen molar-refractivity contribution in [2.75, 3.05) is 19.8 Å². The van der Waals surface area contributed by atoms with Crippen molar-refractivity contribution in [3.8, 4) is 23.3 Å². The van der Waals surface area contributed by atoms with Gasteiger partial charge in [-0.15, -0.1) is 0 Å². The SMILES string of the molecule is CCOc1cc(C#N)ccc1OCCOc1ccc(C)cc1C(C)(C)C. The van der Waals surface area contributed by atoms with Gasteiger partial charge in [-0.3, -0.25) is 0 Å². The van der Waals surface area contributed by atoms with Crippen LogP contribution in [-0.4, -0.2) is 19.8 Å². The van der Waals surface area contributed by atoms with E-state index in [9.17, 15) is 0 Å². The van der Waals surface area contributed by atoms with Crippen molar-refractivity contribution >= 4 is 0 Å². The maximum absolute atomic E-state index is 9.01. The van der Waals surface area contributed by atoms with E-state index in [4.69, 9.17) is 19.5 Å². The summed E-state index contributed by atoms with van der Waals surface area (Å²) in [6.45, 7) is 11.9. The largest absolute Gasteiger partial charge is 0.490 e. The molecule has 26 heavy (non-hydrogen) atoms. The predicted octanol–water partition coefficient (Wildman–Crippen LogP) is 5.02. The Morgan fingerprint density at radius 1 is 0.885 bits per heavy atom. The molecule has 4 nitrogen and oxygen atoms in total. The molecule has 0 aromatic heterocycles. The number of rotatable bonds is 7. The van der Waals surface area contributed by atoms with Crippen LogP contribution in [0.15, 0.2) is 36.4 Å². The molecule has 2 rings (SSSR count). The van der Waals surface area contributed by atoms with E-state index in [0.29, 0.717) is 36.9 Å². The van der Waals surface area contributed by atoms with Crippen LogP contribution in [0, 0.1) is 18.3 Å². The summed E-state index contributed by atoms with van der Waals surface area (Å²) in [6, 6.07) is 13.5. The first-order valence-electron chi connectivity index (χ1n) is 8.89. The molecule has 0 aliphatic heterocycles. The van der Waals surface area contributed by atoms with Crippen molar-refractivity contribution in [2.24, 2.45) is 0 Å². The lowest BCUT2D eigenvalue weighted by Gasteiger charge is -2.23. The minimum absolute atomic E-state index is 0.0114. The molecule has 0 radical (unpaired) electrons. The maximum Gasteiger partial charge on any atom is 0.162 e. The van der Waals surface area contributed by atoms with Gasteiger partial charge in [-0.25, -0.2) is 0 Å². The highest BCUT2D eigenvalue weighted by Crippen LogP contribution is 2.32. The molecule has 0 saturated heterocycles. The summed E-state index contributed by atoms with van der Waals surface area (Å²) in [7, 11) is 0. The number of hydrogen-bond donors (Lipinski definition) is 0. The third kappa shape index (κ3) is 5.16. The Hall–Kier alpha value is -2.67. The highest BCUT2D eigenvalue weighted by atomic mass is 16.5. The summed E-state index contributed by atoms with van der Waals surface area (Å²) in [5.41, 5.74) is 2.96. The van der Waals surface area contributed by atoms with E-state index in [1.807, 2.05) is 13.0 Å². The van der Waals surface area contributed by atoms with Crippen LogP contribution in [0.5, 0.6) is 17.2 Å². The number of nitriles is 1. The van der Waals surface area contributed by atoms with E-state index in [2.05, 4.69) is 45.9 Å². The quantitative estimate of drug-likeness (QED) is 0.656. The van der Waals surface area contributed by atoms with Crippen LogP contribution in [0.3, 0.4) is 0 Å². The van der Waals surface area contributed by atoms with Crippen LogP contribution in [-0.2, 0) is 5.41 Å². The summed E-state index contributed by atoms with van der Waals surface area (Å²) >= 11 is 0. The molecule has 0 fully saturated rings. The van der Waals surface area contributed by atoms with Crippen LogP contribution in [0.2, 0.25) is 0 Å². The summed E-state index contributed by atoms with van der Waals surface area (Å²) in [4.78, 5) is 0. The first kappa shape index (κ1) is 19.7. The second-order valence-electron chi connectivity index (χ2n) is 7.15. The van der Waals surface area contributed by atoms with E-state index >= 15 is 0 Å². The van der Waals surface area contributed by atoms with Crippen molar-refractivity contribution in [3.05, 3.63) is 53.1 Å². The van der Waals surface area contributed by atoms with Gasteiger partial charge < -0.3 is 14.2 Å². The number of nitrogens with zero attached hydrogens (tertiary/aromatic N) is 1. The topological polar surface area (TPSA) is 51.5 Å². The highest BCUT2D eigenvalue weighted by Gasteiger charge is 2.19. The molecular weight excluding hydrogens is 326 g/mol. The lowest BCUT2D eigenvalue weighted by Crippen LogP contribution is -2.16. The lowest BCUT2D eigenvalue weighted by molar-refractivity contribution is 0.206. The van der Waals surface area contributed by atoms with Gasteiger partial charge in [0.05, 0.1) is 18.2 Å². The first-order valence-corrected chi connectivity index (χ1v) is 8.89. The molecule has 0 aliphatic rings. The average Bonchev–Trinajstić information content (AvgIpc) is 2.60. The predicted molar refractivity (Wildman–Crippen MR) is 103 cm³/mol. The van der Waals surface area contributed by atoms with E-state index in [1.54, 1.807) is 18.2 Å². The summed E-state index contributed by atoms with van der Waals surface area (Å²) in [5.74, 6) is 2.09. The fourth-order valence-electron chi connectivity index (χ4n) is 2.62. The number of benzene rings is 2. The summed E-state index contributed by atoms with van der Waals surface area (Å²) < 4.78 is 17.3. The molecule has 0 bridgehead atoms. The van der Waals surface area contributed by atoms with Crippen molar-refractivity contribution in [3.63, 3.8) is 0 Å². The number of aryl methyl sites for hydroxylation is 1. The van der Waals surface area contributed by atoms with Crippen molar-refractivity contribution in [1.82, 2.24) is 0 Å². The van der Waals surface area contributed by atoms with Crippen LogP contribution in [0.1, 0.15) is 44.4 Å². The molecule has 2 aromatic carbocycles. The summed E-state index contributed by atoms with van der Waals surface area (Å²) in [6.07, 6.45) is 0. The average molecular weight is 353 g/mol. The fourth-order valence-corrected chi connectivity index (χ4v) is 2.62. The van der Waals surface area contributed by atoms with Crippen molar-refractivity contribution in [2.45, 2.75) is 40.0 Å². The number of ether oxygens (including phenoxy) is 3. The lowest BCUT2D eigenvalue weighted by atomic mass is 9.85. The standard InChI is InChI=1S/C22H27NO3/c1-6-24-21-14-17(15-23)8-10-20(21)26-12-11-25-19-9-7-16(2)13-18(19)22(3,4)5/h7-10,13-14H,6,11-12H2,1-5H3. The van der Waals surface area contributed by atoms with Gasteiger partial charge in [0.2, 0.25) is 0 Å². The van der Waals surface area contributed by atoms with E-state index in [-0.39, 0.29) is 5.41 Å². The van der Waals surface area contributed by atoms with Crippen LogP contribution in [0.25, 0.3) is 0 Å². The Bertz CT molecular complexity index is 785. The molecule has 0 saturated carbocycles. The zero-order valence-corrected chi connectivity index (χ0v) is 16.3. The molecule has 2 aromatic rings. The van der Waals surface area contributed by atoms with E-state index in [0.717, 1.165) is 5.75 Å². The molecular formula is C22H27NO3. The van der Waals surface area contributed by atoms with Crippen LogP contribution in [0.4, 0.5) is 0 Å². The van der Waals surface area contributed by atoms with Gasteiger partial charge in [0, 0.05) is 6.07 Å². The molecule has 0 N–H and O–H groups in total. The minimum Gasteiger partial charge on any atom is -0.490 e. The molecule has 0 spiro atoms. The van der Waals surface area contributed by atoms with Gasteiger partial charge in [0.15, 0.2) is 11.5 Å². The normalized spacial score (nSPS) is 10.9. The highest BCUT2D eigenvalue weighted by molar-refractivity contribution is 5.46. The van der Waals surface area contributed by atoms with Gasteiger partial charge in [0.1, 0.15) is 19.0 Å². The fraction of sp³-hybridized carbons (Fsp3) is 0.409. The van der Waals surface area contributed by atoms with Crippen LogP contribution >= 0.6 is 0 Å². The molecule has 138 valence electrons. The molecule has 4 heteroatoms. The molecule has 0 heterocycles. The maximum atomic E-state index is 9.01. The van der Waals surface area contributed by atoms with Gasteiger partial charge in [0.25, 0.3) is 0 Å². The Morgan fingerprint density at radius 2 is 1.54 bits per heavy atom. The first-order chi connectivity index (χ1) is 12.3. The molecule has 0 amide bonds. The Kier molecular flexibility index (Phi) is 6.52. The zero-order valence-electron chi connectivity index (χ0n) is 16.3. The Balaban J connectivity index is 2.01. The summed E-state index contributed by atoms with van der Waals surface area (Å²) in [5, 5.41) is 9.01. The van der Waals surface area contributed by atoms with Crippen LogP contribution < -0.4 is 14.2 Å². The van der Waals surface area contributed by atoms with Gasteiger partial charge >= 0.3 is 0 Å². The van der Waals surface area contributed by atoms with E-state index in [1.165, 1.54) is 11.1 Å². The van der Waals surface area contributed by atoms with Gasteiger partial charge in [-0.2, -0.15) is 5.26 Å². The third-order valence-electron chi connectivity index (χ3n) is 3.91. The number of hydrogen-bond acceptors (Lipinski definition) is 4. The molecule has 0 unspecified atom stereocenters. The molecule has 0 atom stereocenters. The minimum atomic E-state index is 0.0114.